The van der Waals surface area contributed by atoms with Crippen LogP contribution in [0.3, 0.4) is 0 Å². The second kappa shape index (κ2) is 3.84. The number of aromatic nitrogens is 1. The number of carbonyl (C=O) groups excluding carboxylic acids is 1. The van der Waals surface area contributed by atoms with E-state index in [1.807, 2.05) is 25.1 Å². The summed E-state index contributed by atoms with van der Waals surface area (Å²) in [7, 11) is 0. The molecule has 0 bridgehead atoms. The Morgan fingerprint density at radius 3 is 2.68 bits per heavy atom. The monoisotopic (exact) mass is 258 g/mol. The predicted molar refractivity (Wildman–Crippen MR) is 74.3 cm³/mol. The van der Waals surface area contributed by atoms with Crippen molar-refractivity contribution in [3.63, 3.8) is 0 Å². The van der Waals surface area contributed by atoms with Gasteiger partial charge in [0.15, 0.2) is 0 Å². The number of aromatic amines is 1. The lowest BCUT2D eigenvalue weighted by Gasteiger charge is -2.44. The molecule has 1 amide bonds. The molecule has 1 fully saturated rings. The highest BCUT2D eigenvalue weighted by atomic mass is 16.3. The number of fused-ring (bicyclic) bond motifs is 1. The highest BCUT2D eigenvalue weighted by Crippen LogP contribution is 2.26. The minimum atomic E-state index is -0.722. The van der Waals surface area contributed by atoms with Crippen LogP contribution < -0.4 is 0 Å². The van der Waals surface area contributed by atoms with Crippen LogP contribution >= 0.6 is 0 Å². The van der Waals surface area contributed by atoms with Crippen molar-refractivity contribution < 1.29 is 9.90 Å². The first-order valence-electron chi connectivity index (χ1n) is 6.48. The van der Waals surface area contributed by atoms with Crippen LogP contribution in [0.2, 0.25) is 0 Å². The number of H-pyrrole nitrogens is 1. The first-order valence-corrected chi connectivity index (χ1v) is 6.48. The number of β-amino-alcohol motifs (C(OH)–C–C–N with tert-alkyl or cyclic N) is 1. The number of likely N-dealkylation sites (tertiary alicyclic amines) is 1. The molecule has 0 unspecified atom stereocenters. The third-order valence-corrected chi connectivity index (χ3v) is 3.91. The van der Waals surface area contributed by atoms with Crippen LogP contribution in [0.5, 0.6) is 0 Å². The molecule has 100 valence electrons. The first kappa shape index (κ1) is 12.2. The molecule has 1 aromatic carbocycles. The summed E-state index contributed by atoms with van der Waals surface area (Å²) in [4.78, 5) is 17.3. The predicted octanol–water partition coefficient (Wildman–Crippen LogP) is 1.99. The van der Waals surface area contributed by atoms with Crippen molar-refractivity contribution in [2.45, 2.75) is 26.4 Å². The summed E-state index contributed by atoms with van der Waals surface area (Å²) in [6.07, 6.45) is 0. The minimum absolute atomic E-state index is 0.00771. The number of benzene rings is 1. The smallest absolute Gasteiger partial charge is 0.254 e. The molecule has 1 aliphatic heterocycles. The summed E-state index contributed by atoms with van der Waals surface area (Å²) >= 11 is 0. The number of carbonyl (C=O) groups is 1. The Kier molecular flexibility index (Phi) is 2.47. The lowest BCUT2D eigenvalue weighted by atomic mass is 9.95. The van der Waals surface area contributed by atoms with Gasteiger partial charge in [0.05, 0.1) is 18.7 Å². The standard InChI is InChI=1S/C15H18N2O2/c1-9-10(2)16-13-5-4-11(6-12(9)13)14(18)17-7-15(3,19)8-17/h4-6,16,19H,7-8H2,1-3H3. The van der Waals surface area contributed by atoms with E-state index in [9.17, 15) is 9.90 Å². The van der Waals surface area contributed by atoms with Crippen molar-refractivity contribution in [2.75, 3.05) is 13.1 Å². The number of rotatable bonds is 1. The molecule has 2 aromatic rings. The molecule has 0 aliphatic carbocycles. The fraction of sp³-hybridized carbons (Fsp3) is 0.400. The average molecular weight is 258 g/mol. The van der Waals surface area contributed by atoms with Gasteiger partial charge in [-0.1, -0.05) is 0 Å². The molecule has 2 heterocycles. The highest BCUT2D eigenvalue weighted by Gasteiger charge is 2.39. The molecular formula is C15H18N2O2. The van der Waals surface area contributed by atoms with E-state index < -0.39 is 5.60 Å². The van der Waals surface area contributed by atoms with Crippen molar-refractivity contribution >= 4 is 16.8 Å². The van der Waals surface area contributed by atoms with Gasteiger partial charge in [-0.25, -0.2) is 0 Å². The SMILES string of the molecule is Cc1[nH]c2ccc(C(=O)N3CC(C)(O)C3)cc2c1C. The Balaban J connectivity index is 1.93. The van der Waals surface area contributed by atoms with E-state index in [1.165, 1.54) is 5.56 Å². The van der Waals surface area contributed by atoms with Crippen molar-refractivity contribution in [1.82, 2.24) is 9.88 Å². The molecule has 0 atom stereocenters. The zero-order chi connectivity index (χ0) is 13.8. The van der Waals surface area contributed by atoms with Crippen LogP contribution in [0.4, 0.5) is 0 Å². The Labute approximate surface area is 112 Å². The third-order valence-electron chi connectivity index (χ3n) is 3.91. The van der Waals surface area contributed by atoms with Crippen LogP contribution in [0.25, 0.3) is 10.9 Å². The van der Waals surface area contributed by atoms with Gasteiger partial charge in [0.2, 0.25) is 0 Å². The number of aryl methyl sites for hydroxylation is 2. The minimum Gasteiger partial charge on any atom is -0.386 e. The third kappa shape index (κ3) is 1.92. The normalized spacial score (nSPS) is 17.6. The maximum Gasteiger partial charge on any atom is 0.254 e. The van der Waals surface area contributed by atoms with E-state index in [4.69, 9.17) is 0 Å². The zero-order valence-electron chi connectivity index (χ0n) is 11.4. The van der Waals surface area contributed by atoms with Crippen molar-refractivity contribution in [2.24, 2.45) is 0 Å². The highest BCUT2D eigenvalue weighted by molar-refractivity contribution is 5.99. The zero-order valence-corrected chi connectivity index (χ0v) is 11.4. The Bertz CT molecular complexity index is 662. The molecule has 0 saturated carbocycles. The van der Waals surface area contributed by atoms with Gasteiger partial charge in [0.1, 0.15) is 0 Å². The van der Waals surface area contributed by atoms with Crippen molar-refractivity contribution in [1.29, 1.82) is 0 Å². The van der Waals surface area contributed by atoms with Gasteiger partial charge < -0.3 is 15.0 Å². The van der Waals surface area contributed by atoms with E-state index in [0.29, 0.717) is 18.7 Å². The number of nitrogens with zero attached hydrogens (tertiary/aromatic N) is 1. The first-order chi connectivity index (χ1) is 8.87. The molecule has 0 spiro atoms. The van der Waals surface area contributed by atoms with Crippen LogP contribution in [0.1, 0.15) is 28.5 Å². The number of aliphatic hydroxyl groups is 1. The second-order valence-corrected chi connectivity index (χ2v) is 5.79. The summed E-state index contributed by atoms with van der Waals surface area (Å²) in [5, 5.41) is 10.8. The average Bonchev–Trinajstić information content (AvgIpc) is 2.61. The maximum atomic E-state index is 12.3. The van der Waals surface area contributed by atoms with Gasteiger partial charge in [-0.3, -0.25) is 4.79 Å². The molecule has 2 N–H and O–H groups in total. The van der Waals surface area contributed by atoms with Gasteiger partial charge in [0, 0.05) is 22.2 Å². The molecule has 1 saturated heterocycles. The second-order valence-electron chi connectivity index (χ2n) is 5.79. The number of nitrogens with one attached hydrogen (secondary N) is 1. The fourth-order valence-corrected chi connectivity index (χ4v) is 2.70. The lowest BCUT2D eigenvalue weighted by molar-refractivity contribution is -0.0668. The van der Waals surface area contributed by atoms with Crippen molar-refractivity contribution in [3.8, 4) is 0 Å². The van der Waals surface area contributed by atoms with Crippen LogP contribution in [0.15, 0.2) is 18.2 Å². The molecule has 1 aliphatic rings. The Morgan fingerprint density at radius 1 is 1.37 bits per heavy atom. The maximum absolute atomic E-state index is 12.3. The van der Waals surface area contributed by atoms with Crippen LogP contribution in [0, 0.1) is 13.8 Å². The van der Waals surface area contributed by atoms with Gasteiger partial charge >= 0.3 is 0 Å². The van der Waals surface area contributed by atoms with E-state index in [-0.39, 0.29) is 5.91 Å². The summed E-state index contributed by atoms with van der Waals surface area (Å²) in [5.41, 5.74) is 3.33. The van der Waals surface area contributed by atoms with Gasteiger partial charge in [-0.15, -0.1) is 0 Å². The van der Waals surface area contributed by atoms with Crippen LogP contribution in [-0.4, -0.2) is 39.6 Å². The number of hydrogen-bond acceptors (Lipinski definition) is 2. The summed E-state index contributed by atoms with van der Waals surface area (Å²) in [5.74, 6) is -0.00771. The van der Waals surface area contributed by atoms with E-state index >= 15 is 0 Å². The lowest BCUT2D eigenvalue weighted by Crippen LogP contribution is -2.61. The topological polar surface area (TPSA) is 56.3 Å². The van der Waals surface area contributed by atoms with Crippen molar-refractivity contribution in [3.05, 3.63) is 35.0 Å². The van der Waals surface area contributed by atoms with E-state index in [2.05, 4.69) is 11.9 Å². The molecule has 3 rings (SSSR count). The fourth-order valence-electron chi connectivity index (χ4n) is 2.70. The van der Waals surface area contributed by atoms with E-state index in [0.717, 1.165) is 16.6 Å². The molecule has 0 radical (unpaired) electrons. The van der Waals surface area contributed by atoms with Gasteiger partial charge in [0.25, 0.3) is 5.91 Å². The molecular weight excluding hydrogens is 240 g/mol. The van der Waals surface area contributed by atoms with Crippen LogP contribution in [-0.2, 0) is 0 Å². The Hall–Kier alpha value is -1.81. The molecule has 19 heavy (non-hydrogen) atoms. The number of amides is 1. The molecule has 4 heteroatoms. The van der Waals surface area contributed by atoms with Gasteiger partial charge in [-0.2, -0.15) is 0 Å². The van der Waals surface area contributed by atoms with Gasteiger partial charge in [-0.05, 0) is 44.5 Å². The molecule has 1 aromatic heterocycles. The van der Waals surface area contributed by atoms with E-state index in [1.54, 1.807) is 11.8 Å². The summed E-state index contributed by atoms with van der Waals surface area (Å²) in [6.45, 7) is 6.66. The largest absolute Gasteiger partial charge is 0.386 e. The quantitative estimate of drug-likeness (QED) is 0.822. The summed E-state index contributed by atoms with van der Waals surface area (Å²) in [6, 6.07) is 5.72. The Morgan fingerprint density at radius 2 is 2.05 bits per heavy atom. The number of hydrogen-bond donors (Lipinski definition) is 2. The summed E-state index contributed by atoms with van der Waals surface area (Å²) < 4.78 is 0. The molecule has 4 nitrogen and oxygen atoms in total.